The van der Waals surface area contributed by atoms with Gasteiger partial charge in [-0.05, 0) is 41.5 Å². The summed E-state index contributed by atoms with van der Waals surface area (Å²) in [4.78, 5) is 10.6. The average Bonchev–Trinajstić information content (AvgIpc) is 2.85. The molecule has 0 saturated heterocycles. The number of carbonyl (C=O) groups is 1. The monoisotopic (exact) mass is 276 g/mol. The molecule has 0 saturated carbocycles. The van der Waals surface area contributed by atoms with Crippen LogP contribution in [0.15, 0.2) is 18.2 Å². The highest BCUT2D eigenvalue weighted by atomic mass is 16.5. The smallest absolute Gasteiger partial charge is 0.305 e. The first-order chi connectivity index (χ1) is 9.58. The van der Waals surface area contributed by atoms with Gasteiger partial charge < -0.3 is 9.84 Å². The first kappa shape index (κ1) is 14.0. The number of aliphatic carboxylic acids is 1. The minimum Gasteiger partial charge on any atom is -0.485 e. The quantitative estimate of drug-likeness (QED) is 0.856. The SMILES string of the molecule is Cc1cccc(OCc2nnnn2CCC(=O)O)c1C. The molecule has 0 bridgehead atoms. The molecule has 7 heteroatoms. The third kappa shape index (κ3) is 3.31. The highest BCUT2D eigenvalue weighted by molar-refractivity contribution is 5.66. The number of benzene rings is 1. The zero-order valence-electron chi connectivity index (χ0n) is 11.4. The molecule has 2 aromatic rings. The van der Waals surface area contributed by atoms with Crippen LogP contribution in [0.4, 0.5) is 0 Å². The Morgan fingerprint density at radius 1 is 1.40 bits per heavy atom. The van der Waals surface area contributed by atoms with E-state index in [0.717, 1.165) is 16.9 Å². The topological polar surface area (TPSA) is 90.1 Å². The molecule has 0 aliphatic carbocycles. The molecular formula is C13H16N4O3. The Morgan fingerprint density at radius 3 is 2.95 bits per heavy atom. The first-order valence-electron chi connectivity index (χ1n) is 6.24. The summed E-state index contributed by atoms with van der Waals surface area (Å²) >= 11 is 0. The number of nitrogens with zero attached hydrogens (tertiary/aromatic N) is 4. The fourth-order valence-electron chi connectivity index (χ4n) is 1.72. The van der Waals surface area contributed by atoms with Crippen LogP contribution in [-0.4, -0.2) is 31.3 Å². The molecule has 1 N–H and O–H groups in total. The van der Waals surface area contributed by atoms with E-state index >= 15 is 0 Å². The normalized spacial score (nSPS) is 10.5. The van der Waals surface area contributed by atoms with Gasteiger partial charge in [0.05, 0.1) is 13.0 Å². The van der Waals surface area contributed by atoms with Crippen LogP contribution in [0.25, 0.3) is 0 Å². The van der Waals surface area contributed by atoms with Gasteiger partial charge in [-0.3, -0.25) is 4.79 Å². The molecule has 0 aliphatic rings. The van der Waals surface area contributed by atoms with Crippen LogP contribution in [-0.2, 0) is 17.9 Å². The van der Waals surface area contributed by atoms with Crippen LogP contribution in [0.1, 0.15) is 23.4 Å². The van der Waals surface area contributed by atoms with Crippen molar-refractivity contribution < 1.29 is 14.6 Å². The molecule has 0 atom stereocenters. The van der Waals surface area contributed by atoms with Crippen LogP contribution in [0.2, 0.25) is 0 Å². The molecule has 1 aromatic carbocycles. The van der Waals surface area contributed by atoms with Crippen molar-refractivity contribution in [2.24, 2.45) is 0 Å². The van der Waals surface area contributed by atoms with Gasteiger partial charge in [-0.25, -0.2) is 4.68 Å². The Bertz CT molecular complexity index is 609. The molecular weight excluding hydrogens is 260 g/mol. The number of aryl methyl sites for hydroxylation is 2. The maximum absolute atomic E-state index is 10.6. The maximum Gasteiger partial charge on any atom is 0.305 e. The summed E-state index contributed by atoms with van der Waals surface area (Å²) in [6.07, 6.45) is -0.0263. The van der Waals surface area contributed by atoms with E-state index in [1.807, 2.05) is 32.0 Å². The van der Waals surface area contributed by atoms with Gasteiger partial charge in [0.1, 0.15) is 12.4 Å². The molecule has 7 nitrogen and oxygen atoms in total. The van der Waals surface area contributed by atoms with Crippen molar-refractivity contribution in [2.45, 2.75) is 33.4 Å². The van der Waals surface area contributed by atoms with E-state index in [4.69, 9.17) is 9.84 Å². The third-order valence-electron chi connectivity index (χ3n) is 3.06. The Morgan fingerprint density at radius 2 is 2.20 bits per heavy atom. The zero-order valence-corrected chi connectivity index (χ0v) is 11.4. The van der Waals surface area contributed by atoms with Crippen molar-refractivity contribution in [2.75, 3.05) is 0 Å². The largest absolute Gasteiger partial charge is 0.485 e. The van der Waals surface area contributed by atoms with E-state index in [2.05, 4.69) is 15.5 Å². The minimum atomic E-state index is -0.887. The predicted octanol–water partition coefficient (Wildman–Crippen LogP) is 1.34. The summed E-state index contributed by atoms with van der Waals surface area (Å²) in [5.74, 6) is 0.395. The van der Waals surface area contributed by atoms with E-state index in [1.54, 1.807) is 0 Å². The fraction of sp³-hybridized carbons (Fsp3) is 0.385. The number of hydrogen-bond acceptors (Lipinski definition) is 5. The van der Waals surface area contributed by atoms with Gasteiger partial charge in [-0.2, -0.15) is 0 Å². The molecule has 20 heavy (non-hydrogen) atoms. The Kier molecular flexibility index (Phi) is 4.29. The van der Waals surface area contributed by atoms with Crippen molar-refractivity contribution in [1.29, 1.82) is 0 Å². The maximum atomic E-state index is 10.6. The van der Waals surface area contributed by atoms with Crippen LogP contribution >= 0.6 is 0 Å². The summed E-state index contributed by atoms with van der Waals surface area (Å²) in [5.41, 5.74) is 2.21. The number of carboxylic acids is 1. The fourth-order valence-corrected chi connectivity index (χ4v) is 1.72. The molecule has 0 spiro atoms. The van der Waals surface area contributed by atoms with E-state index in [1.165, 1.54) is 4.68 Å². The second-order valence-electron chi connectivity index (χ2n) is 4.45. The second kappa shape index (κ2) is 6.14. The molecule has 0 fully saturated rings. The lowest BCUT2D eigenvalue weighted by Crippen LogP contribution is -2.12. The highest BCUT2D eigenvalue weighted by Crippen LogP contribution is 2.21. The molecule has 1 aromatic heterocycles. The predicted molar refractivity (Wildman–Crippen MR) is 70.3 cm³/mol. The lowest BCUT2D eigenvalue weighted by atomic mass is 10.1. The van der Waals surface area contributed by atoms with E-state index < -0.39 is 5.97 Å². The summed E-state index contributed by atoms with van der Waals surface area (Å²) in [6.45, 7) is 4.43. The van der Waals surface area contributed by atoms with E-state index in [-0.39, 0.29) is 19.6 Å². The van der Waals surface area contributed by atoms with E-state index in [0.29, 0.717) is 5.82 Å². The third-order valence-corrected chi connectivity index (χ3v) is 3.06. The van der Waals surface area contributed by atoms with Crippen molar-refractivity contribution in [3.8, 4) is 5.75 Å². The van der Waals surface area contributed by atoms with E-state index in [9.17, 15) is 4.79 Å². The lowest BCUT2D eigenvalue weighted by Gasteiger charge is -2.10. The highest BCUT2D eigenvalue weighted by Gasteiger charge is 2.09. The number of rotatable bonds is 6. The van der Waals surface area contributed by atoms with Crippen molar-refractivity contribution >= 4 is 5.97 Å². The van der Waals surface area contributed by atoms with Gasteiger partial charge >= 0.3 is 5.97 Å². The number of ether oxygens (including phenoxy) is 1. The Labute approximate surface area is 116 Å². The van der Waals surface area contributed by atoms with Gasteiger partial charge in [0.15, 0.2) is 5.82 Å². The number of hydrogen-bond donors (Lipinski definition) is 1. The van der Waals surface area contributed by atoms with Crippen molar-refractivity contribution in [3.05, 3.63) is 35.2 Å². The first-order valence-corrected chi connectivity index (χ1v) is 6.24. The molecule has 0 amide bonds. The number of carboxylic acid groups (broad SMARTS) is 1. The van der Waals surface area contributed by atoms with Crippen LogP contribution in [0, 0.1) is 13.8 Å². The molecule has 1 heterocycles. The van der Waals surface area contributed by atoms with Crippen LogP contribution in [0.3, 0.4) is 0 Å². The number of tetrazole rings is 1. The van der Waals surface area contributed by atoms with Gasteiger partial charge in [-0.1, -0.05) is 12.1 Å². The summed E-state index contributed by atoms with van der Waals surface area (Å²) < 4.78 is 7.14. The molecule has 106 valence electrons. The lowest BCUT2D eigenvalue weighted by molar-refractivity contribution is -0.137. The number of aromatic nitrogens is 4. The van der Waals surface area contributed by atoms with Crippen LogP contribution in [0.5, 0.6) is 5.75 Å². The average molecular weight is 276 g/mol. The van der Waals surface area contributed by atoms with Gasteiger partial charge in [0, 0.05) is 0 Å². The Balaban J connectivity index is 2.02. The second-order valence-corrected chi connectivity index (χ2v) is 4.45. The summed E-state index contributed by atoms with van der Waals surface area (Å²) in [7, 11) is 0. The van der Waals surface area contributed by atoms with Crippen molar-refractivity contribution in [1.82, 2.24) is 20.2 Å². The molecule has 2 rings (SSSR count). The molecule has 0 unspecified atom stereocenters. The summed E-state index contributed by atoms with van der Waals surface area (Å²) in [5, 5.41) is 19.8. The zero-order chi connectivity index (χ0) is 14.5. The standard InChI is InChI=1S/C13H16N4O3/c1-9-4-3-5-11(10(9)2)20-8-12-14-15-16-17(12)7-6-13(18)19/h3-5H,6-8H2,1-2H3,(H,18,19). The van der Waals surface area contributed by atoms with Crippen molar-refractivity contribution in [3.63, 3.8) is 0 Å². The molecule has 0 radical (unpaired) electrons. The minimum absolute atomic E-state index is 0.0263. The Hall–Kier alpha value is -2.44. The summed E-state index contributed by atoms with van der Waals surface area (Å²) in [6, 6.07) is 5.82. The van der Waals surface area contributed by atoms with Gasteiger partial charge in [0.2, 0.25) is 0 Å². The van der Waals surface area contributed by atoms with Gasteiger partial charge in [-0.15, -0.1) is 5.10 Å². The molecule has 0 aliphatic heterocycles. The van der Waals surface area contributed by atoms with Crippen LogP contribution < -0.4 is 4.74 Å². The van der Waals surface area contributed by atoms with Gasteiger partial charge in [0.25, 0.3) is 0 Å².